The Morgan fingerprint density at radius 2 is 1.97 bits per heavy atom. The second kappa shape index (κ2) is 9.27. The van der Waals surface area contributed by atoms with Crippen LogP contribution in [0, 0.1) is 5.92 Å². The highest BCUT2D eigenvalue weighted by atomic mass is 32.2. The molecule has 2 aromatic heterocycles. The summed E-state index contributed by atoms with van der Waals surface area (Å²) in [5, 5.41) is 17.9. The Bertz CT molecular complexity index is 1340. The van der Waals surface area contributed by atoms with Gasteiger partial charge in [-0.2, -0.15) is 14.4 Å². The van der Waals surface area contributed by atoms with Crippen LogP contribution in [0.25, 0.3) is 0 Å². The minimum Gasteiger partial charge on any atom is -0.393 e. The van der Waals surface area contributed by atoms with Crippen LogP contribution in [-0.4, -0.2) is 74.8 Å². The van der Waals surface area contributed by atoms with Crippen molar-refractivity contribution < 1.29 is 18.3 Å². The van der Waals surface area contributed by atoms with E-state index in [4.69, 9.17) is 4.98 Å². The van der Waals surface area contributed by atoms with Gasteiger partial charge in [-0.3, -0.25) is 14.4 Å². The molecule has 6 rings (SSSR count). The molecule has 0 radical (unpaired) electrons. The molecule has 3 fully saturated rings. The van der Waals surface area contributed by atoms with Crippen molar-refractivity contribution in [3.8, 4) is 0 Å². The zero-order valence-corrected chi connectivity index (χ0v) is 23.1. The van der Waals surface area contributed by atoms with Crippen molar-refractivity contribution in [2.75, 3.05) is 23.3 Å². The second-order valence-corrected chi connectivity index (χ2v) is 13.7. The van der Waals surface area contributed by atoms with Gasteiger partial charge in [0.25, 0.3) is 0 Å². The fraction of sp³-hybridized carbons (Fsp3) is 0.692. The summed E-state index contributed by atoms with van der Waals surface area (Å²) in [5.41, 5.74) is 0.427. The number of sulfonamides is 1. The Morgan fingerprint density at radius 3 is 2.63 bits per heavy atom. The fourth-order valence-electron chi connectivity index (χ4n) is 6.32. The van der Waals surface area contributed by atoms with Crippen molar-refractivity contribution in [1.82, 2.24) is 24.1 Å². The molecule has 0 aromatic carbocycles. The lowest BCUT2D eigenvalue weighted by Gasteiger charge is -2.36. The lowest BCUT2D eigenvalue weighted by molar-refractivity contribution is -0.121. The molecule has 2 aromatic rings. The zero-order chi connectivity index (χ0) is 26.8. The van der Waals surface area contributed by atoms with Gasteiger partial charge in [0.05, 0.1) is 17.7 Å². The maximum atomic E-state index is 13.5. The molecular formula is C26H37N7O4S. The second-order valence-electron chi connectivity index (χ2n) is 11.8. The molecule has 4 atom stereocenters. The molecule has 12 heteroatoms. The first kappa shape index (κ1) is 25.7. The van der Waals surface area contributed by atoms with E-state index in [1.165, 1.54) is 10.5 Å². The molecule has 1 unspecified atom stereocenters. The van der Waals surface area contributed by atoms with Gasteiger partial charge in [0, 0.05) is 49.2 Å². The van der Waals surface area contributed by atoms with E-state index in [1.807, 2.05) is 25.7 Å². The number of anilines is 2. The van der Waals surface area contributed by atoms with Gasteiger partial charge < -0.3 is 10.4 Å². The molecule has 4 aliphatic rings. The van der Waals surface area contributed by atoms with Crippen LogP contribution in [0.15, 0.2) is 23.5 Å². The number of hydrogen-bond donors (Lipinski definition) is 2. The van der Waals surface area contributed by atoms with E-state index >= 15 is 0 Å². The van der Waals surface area contributed by atoms with Crippen LogP contribution in [0.5, 0.6) is 0 Å². The minimum absolute atomic E-state index is 0.00479. The molecule has 1 spiro atoms. The fourth-order valence-corrected chi connectivity index (χ4v) is 7.81. The molecule has 2 aliphatic carbocycles. The van der Waals surface area contributed by atoms with Gasteiger partial charge >= 0.3 is 0 Å². The van der Waals surface area contributed by atoms with Gasteiger partial charge in [0.15, 0.2) is 0 Å². The van der Waals surface area contributed by atoms with Gasteiger partial charge in [-0.1, -0.05) is 6.92 Å². The van der Waals surface area contributed by atoms with Gasteiger partial charge in [0.2, 0.25) is 21.9 Å². The van der Waals surface area contributed by atoms with E-state index in [0.717, 1.165) is 37.7 Å². The minimum atomic E-state index is -3.62. The standard InChI is InChI=1S/C26H37N7O4S/c1-16(2)32-15-20(12-28-32)38(36,37)31-10-7-22(17(3)14-31)29-25-27-13-21-23(30-25)33(24(35)26(21)8-9-26)18-5-4-6-19(34)11-18/h12-13,15-19,22,34H,4-11,14H2,1-3H3,(H,27,29,30)/t17-,18?,19+,22-/m0/s1. The Balaban J connectivity index is 1.18. The van der Waals surface area contributed by atoms with Crippen LogP contribution in [0.3, 0.4) is 0 Å². The van der Waals surface area contributed by atoms with Crippen LogP contribution in [0.4, 0.5) is 11.8 Å². The highest BCUT2D eigenvalue weighted by Crippen LogP contribution is 2.57. The summed E-state index contributed by atoms with van der Waals surface area (Å²) in [6.45, 7) is 6.72. The maximum absolute atomic E-state index is 13.5. The topological polar surface area (TPSA) is 134 Å². The van der Waals surface area contributed by atoms with Gasteiger partial charge in [-0.15, -0.1) is 0 Å². The van der Waals surface area contributed by atoms with E-state index in [0.29, 0.717) is 37.7 Å². The van der Waals surface area contributed by atoms with Crippen molar-refractivity contribution in [1.29, 1.82) is 0 Å². The number of fused-ring (bicyclic) bond motifs is 2. The first-order valence-electron chi connectivity index (χ1n) is 13.8. The van der Waals surface area contributed by atoms with E-state index < -0.39 is 15.4 Å². The quantitative estimate of drug-likeness (QED) is 0.568. The maximum Gasteiger partial charge on any atom is 0.246 e. The molecule has 1 saturated heterocycles. The number of piperidine rings is 1. The SMILES string of the molecule is CC(C)n1cc(S(=O)(=O)N2CC[C@H](Nc3ncc4c(n3)N(C3CCC[C@@H](O)C3)C(=O)C43CC3)[C@@H](C)C2)cn1. The average Bonchev–Trinajstić information content (AvgIpc) is 3.44. The Hall–Kier alpha value is -2.57. The van der Waals surface area contributed by atoms with Crippen molar-refractivity contribution in [3.63, 3.8) is 0 Å². The van der Waals surface area contributed by atoms with Crippen LogP contribution in [0.2, 0.25) is 0 Å². The summed E-state index contributed by atoms with van der Waals surface area (Å²) in [7, 11) is -3.62. The monoisotopic (exact) mass is 543 g/mol. The van der Waals surface area contributed by atoms with E-state index in [-0.39, 0.29) is 41.0 Å². The molecule has 0 bridgehead atoms. The summed E-state index contributed by atoms with van der Waals surface area (Å²) in [4.78, 5) is 25.0. The first-order chi connectivity index (χ1) is 18.1. The van der Waals surface area contributed by atoms with Gasteiger partial charge in [-0.05, 0) is 64.7 Å². The smallest absolute Gasteiger partial charge is 0.246 e. The van der Waals surface area contributed by atoms with E-state index in [1.54, 1.807) is 17.1 Å². The van der Waals surface area contributed by atoms with Crippen molar-refractivity contribution in [2.24, 2.45) is 5.92 Å². The van der Waals surface area contributed by atoms with Gasteiger partial charge in [-0.25, -0.2) is 13.4 Å². The number of hydrogen-bond acceptors (Lipinski definition) is 8. The van der Waals surface area contributed by atoms with Crippen molar-refractivity contribution in [2.45, 2.75) is 100 Å². The molecule has 2 N–H and O–H groups in total. The number of aliphatic hydroxyl groups excluding tert-OH is 1. The Morgan fingerprint density at radius 1 is 1.18 bits per heavy atom. The number of aliphatic hydroxyl groups is 1. The van der Waals surface area contributed by atoms with Crippen LogP contribution in [-0.2, 0) is 20.2 Å². The first-order valence-corrected chi connectivity index (χ1v) is 15.2. The third kappa shape index (κ3) is 4.21. The summed E-state index contributed by atoms with van der Waals surface area (Å²) in [5.74, 6) is 1.27. The number of carbonyl (C=O) groups excluding carboxylic acids is 1. The highest BCUT2D eigenvalue weighted by molar-refractivity contribution is 7.89. The molecule has 2 saturated carbocycles. The molecule has 206 valence electrons. The number of nitrogens with one attached hydrogen (secondary N) is 1. The Kier molecular flexibility index (Phi) is 6.27. The summed E-state index contributed by atoms with van der Waals surface area (Å²) >= 11 is 0. The normalized spacial score (nSPS) is 29.2. The number of rotatable bonds is 6. The molecule has 2 aliphatic heterocycles. The lowest BCUT2D eigenvalue weighted by Crippen LogP contribution is -2.47. The molecule has 38 heavy (non-hydrogen) atoms. The summed E-state index contributed by atoms with van der Waals surface area (Å²) in [6.07, 6.45) is 9.80. The number of carbonyl (C=O) groups is 1. The van der Waals surface area contributed by atoms with E-state index in [9.17, 15) is 18.3 Å². The predicted octanol–water partition coefficient (Wildman–Crippen LogP) is 2.45. The predicted molar refractivity (Wildman–Crippen MR) is 141 cm³/mol. The van der Waals surface area contributed by atoms with Gasteiger partial charge in [0.1, 0.15) is 10.7 Å². The largest absolute Gasteiger partial charge is 0.393 e. The average molecular weight is 544 g/mol. The third-order valence-corrected chi connectivity index (χ3v) is 10.6. The third-order valence-electron chi connectivity index (χ3n) is 8.80. The van der Waals surface area contributed by atoms with Crippen LogP contribution >= 0.6 is 0 Å². The Labute approximate surface area is 223 Å². The van der Waals surface area contributed by atoms with Crippen molar-refractivity contribution in [3.05, 3.63) is 24.2 Å². The summed E-state index contributed by atoms with van der Waals surface area (Å²) < 4.78 is 29.7. The molecular weight excluding hydrogens is 506 g/mol. The van der Waals surface area contributed by atoms with E-state index in [2.05, 4.69) is 15.4 Å². The van der Waals surface area contributed by atoms with Crippen LogP contribution < -0.4 is 10.2 Å². The number of amides is 1. The number of aromatic nitrogens is 4. The van der Waals surface area contributed by atoms with Crippen molar-refractivity contribution >= 4 is 27.7 Å². The molecule has 4 heterocycles. The highest BCUT2D eigenvalue weighted by Gasteiger charge is 2.61. The molecule has 1 amide bonds. The summed E-state index contributed by atoms with van der Waals surface area (Å²) in [6, 6.07) is 0.0410. The zero-order valence-electron chi connectivity index (χ0n) is 22.2. The number of nitrogens with zero attached hydrogens (tertiary/aromatic N) is 6. The van der Waals surface area contributed by atoms with Crippen LogP contribution in [0.1, 0.15) is 77.3 Å². The molecule has 11 nitrogen and oxygen atoms in total. The lowest BCUT2D eigenvalue weighted by atomic mass is 9.92.